The summed E-state index contributed by atoms with van der Waals surface area (Å²) in [4.78, 5) is 23.9. The molecule has 24 heavy (non-hydrogen) atoms. The highest BCUT2D eigenvalue weighted by Gasteiger charge is 2.37. The predicted molar refractivity (Wildman–Crippen MR) is 90.0 cm³/mol. The third-order valence-corrected chi connectivity index (χ3v) is 4.49. The second-order valence-electron chi connectivity index (χ2n) is 6.35. The van der Waals surface area contributed by atoms with Gasteiger partial charge in [0.25, 0.3) is 0 Å². The van der Waals surface area contributed by atoms with Crippen LogP contribution in [0.3, 0.4) is 0 Å². The van der Waals surface area contributed by atoms with Gasteiger partial charge in [0.1, 0.15) is 5.76 Å². The van der Waals surface area contributed by atoms with E-state index < -0.39 is 0 Å². The first-order chi connectivity index (χ1) is 11.7. The van der Waals surface area contributed by atoms with Crippen molar-refractivity contribution in [1.29, 1.82) is 0 Å². The Morgan fingerprint density at radius 2 is 2.04 bits per heavy atom. The molecule has 0 saturated carbocycles. The first-order valence-electron chi connectivity index (χ1n) is 8.29. The maximum absolute atomic E-state index is 12.1. The smallest absolute Gasteiger partial charge is 0.220 e. The average molecular weight is 326 g/mol. The summed E-state index contributed by atoms with van der Waals surface area (Å²) in [7, 11) is 0. The van der Waals surface area contributed by atoms with E-state index in [4.69, 9.17) is 4.42 Å². The Bertz CT molecular complexity index is 682. The number of furan rings is 1. The quantitative estimate of drug-likeness (QED) is 0.821. The minimum atomic E-state index is -0.319. The Morgan fingerprint density at radius 1 is 1.21 bits per heavy atom. The molecule has 1 aliphatic rings. The van der Waals surface area contributed by atoms with E-state index in [1.807, 2.05) is 24.3 Å². The van der Waals surface area contributed by atoms with Crippen LogP contribution in [0.15, 0.2) is 53.1 Å². The van der Waals surface area contributed by atoms with Gasteiger partial charge in [-0.1, -0.05) is 30.3 Å². The summed E-state index contributed by atoms with van der Waals surface area (Å²) in [6, 6.07) is 13.7. The topological polar surface area (TPSA) is 71.3 Å². The molecular formula is C19H22N2O3. The van der Waals surface area contributed by atoms with Gasteiger partial charge in [0.2, 0.25) is 11.8 Å². The molecule has 1 saturated heterocycles. The van der Waals surface area contributed by atoms with Crippen LogP contribution in [-0.4, -0.2) is 17.4 Å². The van der Waals surface area contributed by atoms with Crippen molar-refractivity contribution in [1.82, 2.24) is 10.6 Å². The second-order valence-corrected chi connectivity index (χ2v) is 6.35. The second kappa shape index (κ2) is 7.34. The van der Waals surface area contributed by atoms with Gasteiger partial charge in [-0.3, -0.25) is 9.59 Å². The fourth-order valence-corrected chi connectivity index (χ4v) is 3.21. The SMILES string of the molecule is O=C(CCC1(Cc2ccccc2)CCC(=O)N1)NCc1ccco1. The largest absolute Gasteiger partial charge is 0.467 e. The molecule has 0 aliphatic carbocycles. The van der Waals surface area contributed by atoms with E-state index >= 15 is 0 Å². The van der Waals surface area contributed by atoms with Gasteiger partial charge in [-0.2, -0.15) is 0 Å². The molecule has 3 rings (SSSR count). The molecule has 5 heteroatoms. The van der Waals surface area contributed by atoms with E-state index in [2.05, 4.69) is 22.8 Å². The monoisotopic (exact) mass is 326 g/mol. The number of hydrogen-bond donors (Lipinski definition) is 2. The molecule has 1 aromatic heterocycles. The summed E-state index contributed by atoms with van der Waals surface area (Å²) in [6.07, 6.45) is 4.66. The van der Waals surface area contributed by atoms with Crippen molar-refractivity contribution in [2.45, 2.75) is 44.2 Å². The van der Waals surface area contributed by atoms with Crippen molar-refractivity contribution in [3.63, 3.8) is 0 Å². The molecule has 2 amide bonds. The number of rotatable bonds is 7. The predicted octanol–water partition coefficient (Wildman–Crippen LogP) is 2.57. The Balaban J connectivity index is 1.56. The van der Waals surface area contributed by atoms with Crippen LogP contribution in [0.4, 0.5) is 0 Å². The van der Waals surface area contributed by atoms with Crippen LogP contribution in [-0.2, 0) is 22.6 Å². The molecule has 0 radical (unpaired) electrons. The van der Waals surface area contributed by atoms with E-state index in [1.54, 1.807) is 12.3 Å². The van der Waals surface area contributed by atoms with Crippen molar-refractivity contribution in [3.05, 3.63) is 60.1 Å². The van der Waals surface area contributed by atoms with E-state index in [9.17, 15) is 9.59 Å². The minimum absolute atomic E-state index is 0.0278. The zero-order chi connectivity index (χ0) is 16.8. The van der Waals surface area contributed by atoms with Gasteiger partial charge in [-0.25, -0.2) is 0 Å². The van der Waals surface area contributed by atoms with Crippen LogP contribution in [0, 0.1) is 0 Å². The van der Waals surface area contributed by atoms with Crippen LogP contribution >= 0.6 is 0 Å². The lowest BCUT2D eigenvalue weighted by Crippen LogP contribution is -2.44. The molecular weight excluding hydrogens is 304 g/mol. The number of hydrogen-bond acceptors (Lipinski definition) is 3. The summed E-state index contributed by atoms with van der Waals surface area (Å²) in [6.45, 7) is 0.393. The summed E-state index contributed by atoms with van der Waals surface area (Å²) in [5.41, 5.74) is 0.858. The lowest BCUT2D eigenvalue weighted by atomic mass is 9.85. The Kier molecular flexibility index (Phi) is 4.99. The number of carbonyl (C=O) groups excluding carboxylic acids is 2. The molecule has 2 heterocycles. The van der Waals surface area contributed by atoms with E-state index in [0.29, 0.717) is 25.8 Å². The third kappa shape index (κ3) is 4.25. The van der Waals surface area contributed by atoms with Gasteiger partial charge < -0.3 is 15.1 Å². The molecule has 2 N–H and O–H groups in total. The normalized spacial score (nSPS) is 19.9. The van der Waals surface area contributed by atoms with Gasteiger partial charge in [0.05, 0.1) is 12.8 Å². The standard InChI is InChI=1S/C19H22N2O3/c22-17(20-14-16-7-4-12-24-16)8-10-19(11-9-18(23)21-19)13-15-5-2-1-3-6-15/h1-7,12H,8-11,13-14H2,(H,20,22)(H,21,23). The number of carbonyl (C=O) groups is 2. The summed E-state index contributed by atoms with van der Waals surface area (Å²) in [5.74, 6) is 0.776. The summed E-state index contributed by atoms with van der Waals surface area (Å²) in [5, 5.41) is 5.96. The van der Waals surface area contributed by atoms with Crippen LogP contribution in [0.1, 0.15) is 37.0 Å². The van der Waals surface area contributed by atoms with Gasteiger partial charge in [0, 0.05) is 18.4 Å². The summed E-state index contributed by atoms with van der Waals surface area (Å²) < 4.78 is 5.20. The molecule has 1 atom stereocenters. The molecule has 0 spiro atoms. The Labute approximate surface area is 141 Å². The fourth-order valence-electron chi connectivity index (χ4n) is 3.21. The molecule has 5 nitrogen and oxygen atoms in total. The Morgan fingerprint density at radius 3 is 2.71 bits per heavy atom. The van der Waals surface area contributed by atoms with Crippen LogP contribution in [0.25, 0.3) is 0 Å². The van der Waals surface area contributed by atoms with Crippen molar-refractivity contribution in [2.75, 3.05) is 0 Å². The molecule has 1 aromatic carbocycles. The van der Waals surface area contributed by atoms with Crippen molar-refractivity contribution in [2.24, 2.45) is 0 Å². The molecule has 1 aliphatic heterocycles. The molecule has 0 bridgehead atoms. The van der Waals surface area contributed by atoms with Crippen LogP contribution in [0.2, 0.25) is 0 Å². The summed E-state index contributed by atoms with van der Waals surface area (Å²) >= 11 is 0. The van der Waals surface area contributed by atoms with Gasteiger partial charge >= 0.3 is 0 Å². The molecule has 126 valence electrons. The lowest BCUT2D eigenvalue weighted by molar-refractivity contribution is -0.123. The van der Waals surface area contributed by atoms with Crippen LogP contribution < -0.4 is 10.6 Å². The van der Waals surface area contributed by atoms with Gasteiger partial charge in [-0.05, 0) is 37.0 Å². The van der Waals surface area contributed by atoms with Crippen LogP contribution in [0.5, 0.6) is 0 Å². The highest BCUT2D eigenvalue weighted by atomic mass is 16.3. The van der Waals surface area contributed by atoms with E-state index in [0.717, 1.165) is 18.6 Å². The first-order valence-corrected chi connectivity index (χ1v) is 8.29. The maximum atomic E-state index is 12.1. The van der Waals surface area contributed by atoms with E-state index in [1.165, 1.54) is 5.56 Å². The number of nitrogens with one attached hydrogen (secondary N) is 2. The molecule has 1 fully saturated rings. The van der Waals surface area contributed by atoms with Gasteiger partial charge in [-0.15, -0.1) is 0 Å². The average Bonchev–Trinajstić information content (AvgIpc) is 3.22. The zero-order valence-electron chi connectivity index (χ0n) is 13.6. The highest BCUT2D eigenvalue weighted by Crippen LogP contribution is 2.29. The van der Waals surface area contributed by atoms with E-state index in [-0.39, 0.29) is 17.4 Å². The third-order valence-electron chi connectivity index (χ3n) is 4.49. The zero-order valence-corrected chi connectivity index (χ0v) is 13.6. The lowest BCUT2D eigenvalue weighted by Gasteiger charge is -2.29. The fraction of sp³-hybridized carbons (Fsp3) is 0.368. The van der Waals surface area contributed by atoms with Crippen molar-refractivity contribution in [3.8, 4) is 0 Å². The number of benzene rings is 1. The highest BCUT2D eigenvalue weighted by molar-refractivity contribution is 5.80. The number of amides is 2. The minimum Gasteiger partial charge on any atom is -0.467 e. The van der Waals surface area contributed by atoms with Crippen molar-refractivity contribution >= 4 is 11.8 Å². The maximum Gasteiger partial charge on any atom is 0.220 e. The van der Waals surface area contributed by atoms with Crippen molar-refractivity contribution < 1.29 is 14.0 Å². The first kappa shape index (κ1) is 16.3. The van der Waals surface area contributed by atoms with Gasteiger partial charge in [0.15, 0.2) is 0 Å². The Hall–Kier alpha value is -2.56. The molecule has 1 unspecified atom stereocenters. The molecule has 2 aromatic rings.